The summed E-state index contributed by atoms with van der Waals surface area (Å²) in [6, 6.07) is 0. The first kappa shape index (κ1) is 12.8. The predicted octanol–water partition coefficient (Wildman–Crippen LogP) is 0.785. The third kappa shape index (κ3) is 2.60. The lowest BCUT2D eigenvalue weighted by Gasteiger charge is -2.08. The zero-order valence-corrected chi connectivity index (χ0v) is 10.1. The average Bonchev–Trinajstić information content (AvgIpc) is 3.14. The highest BCUT2D eigenvalue weighted by atomic mass is 16.7. The Hall–Kier alpha value is -0.680. The van der Waals surface area contributed by atoms with E-state index in [9.17, 15) is 10.2 Å². The Morgan fingerprint density at radius 1 is 1.41 bits per heavy atom. The summed E-state index contributed by atoms with van der Waals surface area (Å²) in [6.07, 6.45) is 2.94. The maximum atomic E-state index is 9.72. The third-order valence-corrected chi connectivity index (χ3v) is 3.47. The van der Waals surface area contributed by atoms with E-state index in [1.165, 1.54) is 6.08 Å². The lowest BCUT2D eigenvalue weighted by Crippen LogP contribution is -2.24. The average molecular weight is 240 g/mol. The fourth-order valence-corrected chi connectivity index (χ4v) is 2.33. The molecule has 0 unspecified atom stereocenters. The van der Waals surface area contributed by atoms with Gasteiger partial charge in [0.2, 0.25) is 0 Å². The van der Waals surface area contributed by atoms with Gasteiger partial charge in [0.1, 0.15) is 18.3 Å². The molecule has 2 saturated heterocycles. The summed E-state index contributed by atoms with van der Waals surface area (Å²) >= 11 is 0. The van der Waals surface area contributed by atoms with Crippen molar-refractivity contribution >= 4 is 0 Å². The van der Waals surface area contributed by atoms with E-state index in [1.807, 2.05) is 6.92 Å². The van der Waals surface area contributed by atoms with E-state index in [-0.39, 0.29) is 23.9 Å². The second-order valence-electron chi connectivity index (χ2n) is 5.02. The molecule has 17 heavy (non-hydrogen) atoms. The molecule has 0 aliphatic carbocycles. The van der Waals surface area contributed by atoms with Gasteiger partial charge in [-0.15, -0.1) is 13.2 Å². The van der Waals surface area contributed by atoms with Crippen molar-refractivity contribution in [3.63, 3.8) is 0 Å². The van der Waals surface area contributed by atoms with Gasteiger partial charge in [0.15, 0.2) is 0 Å². The van der Waals surface area contributed by atoms with Gasteiger partial charge in [-0.3, -0.25) is 0 Å². The standard InChI is InChI=1S/C13H20O4/c1-4-6-9(15)10-11(16-10)12-13(3,17-12)7-8(14)5-2/h4-5,8-12,14-15H,1-2,6-7H2,3H3/t8-,9+,10-,11-,12-,13-/m1/s1. The molecule has 0 spiro atoms. The molecule has 2 rings (SSSR count). The molecule has 2 N–H and O–H groups in total. The minimum atomic E-state index is -0.555. The highest BCUT2D eigenvalue weighted by molar-refractivity contribution is 5.13. The maximum absolute atomic E-state index is 9.72. The Kier molecular flexibility index (Phi) is 3.41. The molecular weight excluding hydrogens is 220 g/mol. The number of ether oxygens (including phenoxy) is 2. The highest BCUT2D eigenvalue weighted by Crippen LogP contribution is 2.50. The molecule has 96 valence electrons. The Morgan fingerprint density at radius 3 is 2.71 bits per heavy atom. The number of rotatable bonds is 7. The second kappa shape index (κ2) is 4.53. The van der Waals surface area contributed by atoms with Crippen LogP contribution in [0.5, 0.6) is 0 Å². The quantitative estimate of drug-likeness (QED) is 0.510. The minimum absolute atomic E-state index is 0.0263. The van der Waals surface area contributed by atoms with Crippen molar-refractivity contribution in [1.82, 2.24) is 0 Å². The van der Waals surface area contributed by atoms with Crippen LogP contribution in [-0.4, -0.2) is 46.3 Å². The number of aliphatic hydroxyl groups excluding tert-OH is 2. The molecule has 4 nitrogen and oxygen atoms in total. The van der Waals surface area contributed by atoms with E-state index in [0.29, 0.717) is 12.8 Å². The Morgan fingerprint density at radius 2 is 2.12 bits per heavy atom. The normalized spacial score (nSPS) is 42.6. The van der Waals surface area contributed by atoms with Crippen molar-refractivity contribution in [2.24, 2.45) is 0 Å². The molecule has 0 amide bonds. The van der Waals surface area contributed by atoms with E-state index in [1.54, 1.807) is 6.08 Å². The van der Waals surface area contributed by atoms with Crippen LogP contribution in [0.25, 0.3) is 0 Å². The van der Waals surface area contributed by atoms with Crippen molar-refractivity contribution < 1.29 is 19.7 Å². The van der Waals surface area contributed by atoms with Gasteiger partial charge in [-0.05, 0) is 13.3 Å². The minimum Gasteiger partial charge on any atom is -0.390 e. The van der Waals surface area contributed by atoms with Gasteiger partial charge < -0.3 is 19.7 Å². The molecule has 2 fully saturated rings. The molecule has 2 aliphatic heterocycles. The molecule has 2 aliphatic rings. The first-order chi connectivity index (χ1) is 8.01. The van der Waals surface area contributed by atoms with Crippen molar-refractivity contribution in [3.05, 3.63) is 25.3 Å². The molecular formula is C13H20O4. The summed E-state index contributed by atoms with van der Waals surface area (Å²) in [7, 11) is 0. The lowest BCUT2D eigenvalue weighted by molar-refractivity contribution is 0.138. The SMILES string of the molecule is C=CC[C@H](O)[C@H]1O[C@H]1[C@H]1O[C@]1(C)C[C@H](O)C=C. The van der Waals surface area contributed by atoms with Gasteiger partial charge in [-0.1, -0.05) is 12.2 Å². The van der Waals surface area contributed by atoms with Crippen LogP contribution < -0.4 is 0 Å². The van der Waals surface area contributed by atoms with Gasteiger partial charge >= 0.3 is 0 Å². The summed E-state index contributed by atoms with van der Waals surface area (Å²) in [5.41, 5.74) is -0.346. The van der Waals surface area contributed by atoms with E-state index >= 15 is 0 Å². The topological polar surface area (TPSA) is 65.5 Å². The smallest absolute Gasteiger partial charge is 0.116 e. The third-order valence-electron chi connectivity index (χ3n) is 3.47. The molecule has 0 aromatic carbocycles. The zero-order chi connectivity index (χ0) is 12.6. The van der Waals surface area contributed by atoms with Gasteiger partial charge in [0.25, 0.3) is 0 Å². The highest BCUT2D eigenvalue weighted by Gasteiger charge is 2.65. The molecule has 0 aromatic rings. The van der Waals surface area contributed by atoms with Crippen molar-refractivity contribution in [3.8, 4) is 0 Å². The Labute approximate surface area is 102 Å². The van der Waals surface area contributed by atoms with Crippen LogP contribution in [0.15, 0.2) is 25.3 Å². The Balaban J connectivity index is 1.80. The molecule has 0 bridgehead atoms. The first-order valence-corrected chi connectivity index (χ1v) is 5.94. The van der Waals surface area contributed by atoms with Gasteiger partial charge in [0, 0.05) is 6.42 Å². The predicted molar refractivity (Wildman–Crippen MR) is 63.6 cm³/mol. The summed E-state index contributed by atoms with van der Waals surface area (Å²) < 4.78 is 11.0. The molecule has 0 aromatic heterocycles. The molecule has 0 saturated carbocycles. The van der Waals surface area contributed by atoms with Crippen LogP contribution in [0.3, 0.4) is 0 Å². The fourth-order valence-electron chi connectivity index (χ4n) is 2.33. The number of aliphatic hydroxyl groups is 2. The number of hydrogen-bond acceptors (Lipinski definition) is 4. The van der Waals surface area contributed by atoms with Crippen LogP contribution in [0.2, 0.25) is 0 Å². The summed E-state index contributed by atoms with van der Waals surface area (Å²) in [6.45, 7) is 9.07. The zero-order valence-electron chi connectivity index (χ0n) is 10.1. The number of epoxide rings is 2. The van der Waals surface area contributed by atoms with Crippen LogP contribution in [0.4, 0.5) is 0 Å². The van der Waals surface area contributed by atoms with E-state index < -0.39 is 12.2 Å². The van der Waals surface area contributed by atoms with Crippen LogP contribution in [-0.2, 0) is 9.47 Å². The van der Waals surface area contributed by atoms with Crippen LogP contribution in [0.1, 0.15) is 19.8 Å². The van der Waals surface area contributed by atoms with E-state index in [0.717, 1.165) is 0 Å². The second-order valence-corrected chi connectivity index (χ2v) is 5.02. The number of hydrogen-bond donors (Lipinski definition) is 2. The van der Waals surface area contributed by atoms with Crippen LogP contribution >= 0.6 is 0 Å². The van der Waals surface area contributed by atoms with Crippen molar-refractivity contribution in [1.29, 1.82) is 0 Å². The Bertz CT molecular complexity index is 317. The summed E-state index contributed by atoms with van der Waals surface area (Å²) in [5, 5.41) is 19.2. The maximum Gasteiger partial charge on any atom is 0.116 e. The van der Waals surface area contributed by atoms with Gasteiger partial charge in [-0.25, -0.2) is 0 Å². The molecule has 2 heterocycles. The van der Waals surface area contributed by atoms with E-state index in [2.05, 4.69) is 13.2 Å². The molecule has 4 heteroatoms. The van der Waals surface area contributed by atoms with Gasteiger partial charge in [-0.2, -0.15) is 0 Å². The lowest BCUT2D eigenvalue weighted by atomic mass is 9.96. The monoisotopic (exact) mass is 240 g/mol. The summed E-state index contributed by atoms with van der Waals surface area (Å²) in [4.78, 5) is 0. The first-order valence-electron chi connectivity index (χ1n) is 5.94. The van der Waals surface area contributed by atoms with Gasteiger partial charge in [0.05, 0.1) is 17.8 Å². The molecule has 6 atom stereocenters. The largest absolute Gasteiger partial charge is 0.390 e. The van der Waals surface area contributed by atoms with Crippen LogP contribution in [0, 0.1) is 0 Å². The van der Waals surface area contributed by atoms with Crippen molar-refractivity contribution in [2.45, 2.75) is 55.9 Å². The fraction of sp³-hybridized carbons (Fsp3) is 0.692. The summed E-state index contributed by atoms with van der Waals surface area (Å²) in [5.74, 6) is 0. The molecule has 0 radical (unpaired) electrons. The van der Waals surface area contributed by atoms with Crippen molar-refractivity contribution in [2.75, 3.05) is 0 Å². The van der Waals surface area contributed by atoms with E-state index in [4.69, 9.17) is 9.47 Å².